The van der Waals surface area contributed by atoms with Gasteiger partial charge < -0.3 is 19.4 Å². The van der Waals surface area contributed by atoms with Crippen LogP contribution in [0.15, 0.2) is 47.1 Å². The van der Waals surface area contributed by atoms with E-state index in [-0.39, 0.29) is 24.4 Å². The number of nitrogens with zero attached hydrogens (tertiary/aromatic N) is 1. The monoisotopic (exact) mass is 330 g/mol. The second kappa shape index (κ2) is 8.19. The maximum Gasteiger partial charge on any atom is 0.255 e. The van der Waals surface area contributed by atoms with Crippen LogP contribution in [0.2, 0.25) is 0 Å². The van der Waals surface area contributed by atoms with Gasteiger partial charge in [-0.3, -0.25) is 9.59 Å². The van der Waals surface area contributed by atoms with Crippen LogP contribution in [0.5, 0.6) is 5.75 Å². The van der Waals surface area contributed by atoms with Crippen molar-refractivity contribution in [2.75, 3.05) is 20.2 Å². The minimum Gasteiger partial charge on any atom is -0.493 e. The van der Waals surface area contributed by atoms with E-state index in [2.05, 4.69) is 5.32 Å². The zero-order chi connectivity index (χ0) is 17.5. The standard InChI is InChI=1S/C18H22N2O4/c1-4-23-16-9-6-5-8-14(16)18(22)19-12-17(21)20(3)13(2)15-10-7-11-24-15/h5-11,13H,4,12H2,1-3H3,(H,19,22). The summed E-state index contributed by atoms with van der Waals surface area (Å²) in [6.45, 7) is 4.08. The molecule has 0 spiro atoms. The van der Waals surface area contributed by atoms with Crippen LogP contribution in [0.4, 0.5) is 0 Å². The molecule has 0 aliphatic heterocycles. The summed E-state index contributed by atoms with van der Waals surface area (Å²) in [4.78, 5) is 26.1. The van der Waals surface area contributed by atoms with E-state index in [1.54, 1.807) is 43.6 Å². The highest BCUT2D eigenvalue weighted by Crippen LogP contribution is 2.19. The van der Waals surface area contributed by atoms with Crippen molar-refractivity contribution in [3.63, 3.8) is 0 Å². The Bertz CT molecular complexity index is 682. The summed E-state index contributed by atoms with van der Waals surface area (Å²) in [7, 11) is 1.68. The lowest BCUT2D eigenvalue weighted by Gasteiger charge is -2.23. The molecule has 2 rings (SSSR count). The molecule has 1 heterocycles. The third kappa shape index (κ3) is 4.16. The van der Waals surface area contributed by atoms with Gasteiger partial charge in [-0.15, -0.1) is 0 Å². The second-order valence-electron chi connectivity index (χ2n) is 5.31. The van der Waals surface area contributed by atoms with Gasteiger partial charge in [-0.1, -0.05) is 12.1 Å². The number of hydrogen-bond acceptors (Lipinski definition) is 4. The average molecular weight is 330 g/mol. The van der Waals surface area contributed by atoms with E-state index in [9.17, 15) is 9.59 Å². The maximum absolute atomic E-state index is 12.3. The molecule has 128 valence electrons. The molecule has 0 fully saturated rings. The van der Waals surface area contributed by atoms with Crippen LogP contribution in [0.1, 0.15) is 36.0 Å². The molecule has 0 bridgehead atoms. The first-order valence-electron chi connectivity index (χ1n) is 7.83. The Hall–Kier alpha value is -2.76. The second-order valence-corrected chi connectivity index (χ2v) is 5.31. The molecule has 6 nitrogen and oxygen atoms in total. The van der Waals surface area contributed by atoms with Gasteiger partial charge in [-0.2, -0.15) is 0 Å². The normalized spacial score (nSPS) is 11.6. The van der Waals surface area contributed by atoms with E-state index in [1.807, 2.05) is 19.9 Å². The minimum absolute atomic E-state index is 0.0964. The van der Waals surface area contributed by atoms with Crippen molar-refractivity contribution < 1.29 is 18.7 Å². The van der Waals surface area contributed by atoms with Crippen LogP contribution in [-0.2, 0) is 4.79 Å². The molecule has 0 aliphatic rings. The number of hydrogen-bond donors (Lipinski definition) is 1. The van der Waals surface area contributed by atoms with Gasteiger partial charge in [0.25, 0.3) is 5.91 Å². The Morgan fingerprint density at radius 1 is 1.25 bits per heavy atom. The smallest absolute Gasteiger partial charge is 0.255 e. The first kappa shape index (κ1) is 17.6. The molecule has 24 heavy (non-hydrogen) atoms. The summed E-state index contributed by atoms with van der Waals surface area (Å²) in [6.07, 6.45) is 1.57. The molecule has 0 saturated carbocycles. The van der Waals surface area contributed by atoms with Gasteiger partial charge in [-0.05, 0) is 38.1 Å². The fourth-order valence-corrected chi connectivity index (χ4v) is 2.25. The third-order valence-electron chi connectivity index (χ3n) is 3.76. The van der Waals surface area contributed by atoms with E-state index in [0.29, 0.717) is 23.7 Å². The molecule has 1 unspecified atom stereocenters. The maximum atomic E-state index is 12.3. The predicted octanol–water partition coefficient (Wildman–Crippen LogP) is 2.63. The molecule has 0 radical (unpaired) electrons. The van der Waals surface area contributed by atoms with Gasteiger partial charge in [0, 0.05) is 7.05 Å². The van der Waals surface area contributed by atoms with Crippen molar-refractivity contribution in [3.8, 4) is 5.75 Å². The van der Waals surface area contributed by atoms with Crippen molar-refractivity contribution in [3.05, 3.63) is 54.0 Å². The highest BCUT2D eigenvalue weighted by molar-refractivity contribution is 5.98. The number of carbonyl (C=O) groups excluding carboxylic acids is 2. The Morgan fingerprint density at radius 2 is 2.00 bits per heavy atom. The molecule has 2 aromatic rings. The average Bonchev–Trinajstić information content (AvgIpc) is 3.13. The molecule has 0 aliphatic carbocycles. The number of likely N-dealkylation sites (N-methyl/N-ethyl adjacent to an activating group) is 1. The Kier molecular flexibility index (Phi) is 6.01. The number of para-hydroxylation sites is 1. The molecular weight excluding hydrogens is 308 g/mol. The Morgan fingerprint density at radius 3 is 2.67 bits per heavy atom. The van der Waals surface area contributed by atoms with E-state index in [1.165, 1.54) is 4.90 Å². The number of furan rings is 1. The lowest BCUT2D eigenvalue weighted by Crippen LogP contribution is -2.39. The number of ether oxygens (including phenoxy) is 1. The Balaban J connectivity index is 1.95. The summed E-state index contributed by atoms with van der Waals surface area (Å²) in [5.41, 5.74) is 0.411. The van der Waals surface area contributed by atoms with Gasteiger partial charge >= 0.3 is 0 Å². The lowest BCUT2D eigenvalue weighted by atomic mass is 10.2. The number of amides is 2. The lowest BCUT2D eigenvalue weighted by molar-refractivity contribution is -0.131. The molecule has 1 aromatic carbocycles. The summed E-state index contributed by atoms with van der Waals surface area (Å²) >= 11 is 0. The topological polar surface area (TPSA) is 71.8 Å². The molecule has 1 aromatic heterocycles. The van der Waals surface area contributed by atoms with Gasteiger partial charge in [0.05, 0.1) is 31.0 Å². The molecule has 2 amide bonds. The Labute approximate surface area is 141 Å². The summed E-state index contributed by atoms with van der Waals surface area (Å²) < 4.78 is 10.7. The first-order chi connectivity index (χ1) is 11.5. The van der Waals surface area contributed by atoms with E-state index in [4.69, 9.17) is 9.15 Å². The van der Waals surface area contributed by atoms with Gasteiger partial charge in [0.2, 0.25) is 5.91 Å². The molecule has 6 heteroatoms. The van der Waals surface area contributed by atoms with Crippen LogP contribution in [0.25, 0.3) is 0 Å². The molecule has 1 atom stereocenters. The van der Waals surface area contributed by atoms with E-state index >= 15 is 0 Å². The molecule has 1 N–H and O–H groups in total. The van der Waals surface area contributed by atoms with E-state index in [0.717, 1.165) is 0 Å². The summed E-state index contributed by atoms with van der Waals surface area (Å²) in [5.74, 6) is 0.647. The van der Waals surface area contributed by atoms with Gasteiger partial charge in [-0.25, -0.2) is 0 Å². The van der Waals surface area contributed by atoms with Crippen LogP contribution >= 0.6 is 0 Å². The molecular formula is C18H22N2O4. The number of benzene rings is 1. The van der Waals surface area contributed by atoms with Crippen molar-refractivity contribution >= 4 is 11.8 Å². The fraction of sp³-hybridized carbons (Fsp3) is 0.333. The van der Waals surface area contributed by atoms with Crippen LogP contribution in [0.3, 0.4) is 0 Å². The predicted molar refractivity (Wildman–Crippen MR) is 89.8 cm³/mol. The van der Waals surface area contributed by atoms with Crippen molar-refractivity contribution in [2.45, 2.75) is 19.9 Å². The summed E-state index contributed by atoms with van der Waals surface area (Å²) in [6, 6.07) is 10.3. The third-order valence-corrected chi connectivity index (χ3v) is 3.76. The quantitative estimate of drug-likeness (QED) is 0.847. The van der Waals surface area contributed by atoms with Crippen molar-refractivity contribution in [2.24, 2.45) is 0 Å². The number of nitrogens with one attached hydrogen (secondary N) is 1. The highest BCUT2D eigenvalue weighted by Gasteiger charge is 2.20. The first-order valence-corrected chi connectivity index (χ1v) is 7.83. The van der Waals surface area contributed by atoms with Crippen LogP contribution in [0, 0.1) is 0 Å². The van der Waals surface area contributed by atoms with Crippen LogP contribution < -0.4 is 10.1 Å². The number of carbonyl (C=O) groups is 2. The van der Waals surface area contributed by atoms with Gasteiger partial charge in [0.15, 0.2) is 0 Å². The fourth-order valence-electron chi connectivity index (χ4n) is 2.25. The zero-order valence-electron chi connectivity index (χ0n) is 14.1. The zero-order valence-corrected chi connectivity index (χ0v) is 14.1. The summed E-state index contributed by atoms with van der Waals surface area (Å²) in [5, 5.41) is 2.64. The van der Waals surface area contributed by atoms with Crippen LogP contribution in [-0.4, -0.2) is 36.9 Å². The van der Waals surface area contributed by atoms with Crippen molar-refractivity contribution in [1.82, 2.24) is 10.2 Å². The largest absolute Gasteiger partial charge is 0.493 e. The highest BCUT2D eigenvalue weighted by atomic mass is 16.5. The minimum atomic E-state index is -0.341. The SMILES string of the molecule is CCOc1ccccc1C(=O)NCC(=O)N(C)C(C)c1ccco1. The van der Waals surface area contributed by atoms with Crippen molar-refractivity contribution in [1.29, 1.82) is 0 Å². The number of rotatable bonds is 7. The molecule has 0 saturated heterocycles. The van der Waals surface area contributed by atoms with Gasteiger partial charge in [0.1, 0.15) is 11.5 Å². The van der Waals surface area contributed by atoms with E-state index < -0.39 is 0 Å².